The summed E-state index contributed by atoms with van der Waals surface area (Å²) in [4.78, 5) is 43.5. The van der Waals surface area contributed by atoms with Crippen molar-refractivity contribution < 1.29 is 29.0 Å². The molecule has 3 aromatic rings. The van der Waals surface area contributed by atoms with Crippen molar-refractivity contribution in [3.8, 4) is 11.5 Å². The average molecular weight is 639 g/mol. The van der Waals surface area contributed by atoms with Gasteiger partial charge in [-0.1, -0.05) is 41.4 Å². The average Bonchev–Trinajstić information content (AvgIpc) is 3.13. The van der Waals surface area contributed by atoms with Gasteiger partial charge in [-0.2, -0.15) is 0 Å². The van der Waals surface area contributed by atoms with Gasteiger partial charge in [0.2, 0.25) is 0 Å². The van der Waals surface area contributed by atoms with Gasteiger partial charge in [0.15, 0.2) is 5.60 Å². The maximum absolute atomic E-state index is 13.2. The number of fused-ring (bicyclic) bond motifs is 2. The number of benzene rings is 3. The van der Waals surface area contributed by atoms with E-state index >= 15 is 0 Å². The van der Waals surface area contributed by atoms with E-state index in [1.165, 1.54) is 0 Å². The number of phenolic OH excluding ortho intramolecular Hbond substituents is 1. The number of benzodiazepines with no additional fused rings is 1. The van der Waals surface area contributed by atoms with Gasteiger partial charge in [0.25, 0.3) is 18.0 Å². The van der Waals surface area contributed by atoms with Crippen LogP contribution < -0.4 is 15.4 Å². The van der Waals surface area contributed by atoms with Crippen molar-refractivity contribution in [2.45, 2.75) is 65.2 Å². The fourth-order valence-electron chi connectivity index (χ4n) is 5.42. The third-order valence-corrected chi connectivity index (χ3v) is 8.75. The molecule has 44 heavy (non-hydrogen) atoms. The molecule has 9 nitrogen and oxygen atoms in total. The van der Waals surface area contributed by atoms with Gasteiger partial charge in [0, 0.05) is 46.1 Å². The Bertz CT molecular complexity index is 1710. The van der Waals surface area contributed by atoms with Crippen LogP contribution in [0.15, 0.2) is 47.5 Å². The summed E-state index contributed by atoms with van der Waals surface area (Å²) in [6.45, 7) is 7.47. The number of hydrogen-bond acceptors (Lipinski definition) is 7. The normalized spacial score (nSPS) is 19.0. The van der Waals surface area contributed by atoms with Gasteiger partial charge < -0.3 is 25.2 Å². The lowest BCUT2D eigenvalue weighted by Gasteiger charge is -2.36. The number of aliphatic imine (C=N–C) groups is 1. The van der Waals surface area contributed by atoms with Crippen molar-refractivity contribution in [2.24, 2.45) is 4.99 Å². The Balaban J connectivity index is 1.22. The largest absolute Gasteiger partial charge is 0.507 e. The van der Waals surface area contributed by atoms with E-state index in [1.807, 2.05) is 20.8 Å². The number of phenols is 1. The number of carbonyl (C=O) groups is 3. The van der Waals surface area contributed by atoms with E-state index < -0.39 is 23.7 Å². The second kappa shape index (κ2) is 12.5. The van der Waals surface area contributed by atoms with Crippen molar-refractivity contribution >= 4 is 52.4 Å². The van der Waals surface area contributed by atoms with Crippen LogP contribution in [0.1, 0.15) is 59.6 Å². The first-order chi connectivity index (χ1) is 20.9. The highest BCUT2D eigenvalue weighted by atomic mass is 35.5. The van der Waals surface area contributed by atoms with Crippen LogP contribution in [-0.2, 0) is 25.5 Å². The van der Waals surface area contributed by atoms with E-state index in [-0.39, 0.29) is 31.0 Å². The van der Waals surface area contributed by atoms with E-state index in [0.29, 0.717) is 51.2 Å². The van der Waals surface area contributed by atoms with Gasteiger partial charge in [0.05, 0.1) is 11.4 Å². The van der Waals surface area contributed by atoms with Crippen LogP contribution >= 0.6 is 23.2 Å². The molecule has 2 atom stereocenters. The molecule has 0 fully saturated rings. The van der Waals surface area contributed by atoms with Gasteiger partial charge in [-0.05, 0) is 81.5 Å². The zero-order valence-electron chi connectivity index (χ0n) is 24.8. The molecule has 2 aliphatic rings. The Morgan fingerprint density at radius 2 is 1.86 bits per heavy atom. The lowest BCUT2D eigenvalue weighted by molar-refractivity contribution is -0.153. The molecule has 2 heterocycles. The monoisotopic (exact) mass is 637 g/mol. The minimum absolute atomic E-state index is 0.0586. The number of esters is 1. The smallest absolute Gasteiger partial charge is 0.308 e. The molecule has 1 unspecified atom stereocenters. The van der Waals surface area contributed by atoms with Gasteiger partial charge >= 0.3 is 5.97 Å². The van der Waals surface area contributed by atoms with Crippen LogP contribution in [0.4, 0.5) is 5.69 Å². The van der Waals surface area contributed by atoms with E-state index in [0.717, 1.165) is 22.3 Å². The second-order valence-electron chi connectivity index (χ2n) is 11.2. The van der Waals surface area contributed by atoms with Crippen molar-refractivity contribution in [3.63, 3.8) is 0 Å². The summed E-state index contributed by atoms with van der Waals surface area (Å²) in [5, 5.41) is 16.9. The highest BCUT2D eigenvalue weighted by molar-refractivity contribution is 6.37. The van der Waals surface area contributed by atoms with Gasteiger partial charge in [-0.25, -0.2) is 4.99 Å². The third kappa shape index (κ3) is 6.12. The molecule has 230 valence electrons. The summed E-state index contributed by atoms with van der Waals surface area (Å²) in [5.74, 6) is -0.679. The number of carbonyl (C=O) groups excluding carboxylic acids is 3. The molecule has 2 aliphatic heterocycles. The quantitative estimate of drug-likeness (QED) is 0.217. The molecule has 0 spiro atoms. The van der Waals surface area contributed by atoms with Gasteiger partial charge in [-0.3, -0.25) is 14.4 Å². The zero-order valence-corrected chi connectivity index (χ0v) is 26.4. The first kappa shape index (κ1) is 31.3. The summed E-state index contributed by atoms with van der Waals surface area (Å²) in [6, 6.07) is 12.0. The molecule has 0 aromatic heterocycles. The summed E-state index contributed by atoms with van der Waals surface area (Å²) in [5.41, 5.74) is 4.01. The number of hydrogen-bond donors (Lipinski definition) is 3. The molecule has 0 aliphatic carbocycles. The van der Waals surface area contributed by atoms with Crippen molar-refractivity contribution in [2.75, 3.05) is 11.9 Å². The molecule has 3 aromatic carbocycles. The topological polar surface area (TPSA) is 126 Å². The first-order valence-corrected chi connectivity index (χ1v) is 15.1. The van der Waals surface area contributed by atoms with E-state index in [9.17, 15) is 19.5 Å². The van der Waals surface area contributed by atoms with Crippen LogP contribution in [0.2, 0.25) is 10.0 Å². The van der Waals surface area contributed by atoms with Crippen molar-refractivity contribution in [3.05, 3.63) is 85.9 Å². The van der Waals surface area contributed by atoms with Crippen LogP contribution in [0.5, 0.6) is 11.5 Å². The second-order valence-corrected chi connectivity index (χ2v) is 12.0. The number of ether oxygens (including phenoxy) is 2. The lowest BCUT2D eigenvalue weighted by atomic mass is 9.86. The molecule has 11 heteroatoms. The predicted octanol–water partition coefficient (Wildman–Crippen LogP) is 5.96. The standard InChI is InChI=1S/C33H33Cl2N3O6/c1-17-18(2)29-21(19(3)28(17)40)13-14-33(4,44-29)32(42)36-15-7-10-26(39)43-31-30(41)37-25-12-11-20(34)16-23(25)27(38-31)22-8-5-6-9-24(22)35/h5-6,8-9,11-12,16,31,40H,7,10,13-15H2,1-4H3,(H,36,42)(H,37,41)/t31?,33-/m1/s1. The highest BCUT2D eigenvalue weighted by Gasteiger charge is 2.40. The van der Waals surface area contributed by atoms with Crippen LogP contribution in [0, 0.1) is 20.8 Å². The van der Waals surface area contributed by atoms with Crippen molar-refractivity contribution in [1.82, 2.24) is 5.32 Å². The fraction of sp³-hybridized carbons (Fsp3) is 0.333. The number of aromatic hydroxyl groups is 1. The third-order valence-electron chi connectivity index (χ3n) is 8.18. The molecule has 0 radical (unpaired) electrons. The Morgan fingerprint density at radius 1 is 1.11 bits per heavy atom. The van der Waals surface area contributed by atoms with Crippen LogP contribution in [-0.4, -0.2) is 47.0 Å². The molecular weight excluding hydrogens is 605 g/mol. The molecule has 0 saturated carbocycles. The number of amides is 2. The highest BCUT2D eigenvalue weighted by Crippen LogP contribution is 2.43. The number of nitrogens with one attached hydrogen (secondary N) is 2. The van der Waals surface area contributed by atoms with Crippen molar-refractivity contribution in [1.29, 1.82) is 0 Å². The molecule has 3 N–H and O–H groups in total. The minimum Gasteiger partial charge on any atom is -0.507 e. The Hall–Kier alpha value is -4.08. The molecule has 2 amide bonds. The summed E-state index contributed by atoms with van der Waals surface area (Å²) in [7, 11) is 0. The Kier molecular flexibility index (Phi) is 8.90. The zero-order chi connectivity index (χ0) is 31.8. The van der Waals surface area contributed by atoms with E-state index in [4.69, 9.17) is 32.7 Å². The predicted molar refractivity (Wildman–Crippen MR) is 169 cm³/mol. The molecule has 5 rings (SSSR count). The number of nitrogens with zero attached hydrogens (tertiary/aromatic N) is 1. The Morgan fingerprint density at radius 3 is 2.61 bits per heavy atom. The maximum atomic E-state index is 13.2. The van der Waals surface area contributed by atoms with Gasteiger partial charge in [-0.15, -0.1) is 0 Å². The Labute approximate surface area is 265 Å². The van der Waals surface area contributed by atoms with E-state index in [1.54, 1.807) is 49.4 Å². The van der Waals surface area contributed by atoms with Crippen LogP contribution in [0.25, 0.3) is 0 Å². The number of halogens is 2. The maximum Gasteiger partial charge on any atom is 0.308 e. The van der Waals surface area contributed by atoms with Crippen LogP contribution in [0.3, 0.4) is 0 Å². The summed E-state index contributed by atoms with van der Waals surface area (Å²) >= 11 is 12.7. The van der Waals surface area contributed by atoms with E-state index in [2.05, 4.69) is 15.6 Å². The number of rotatable bonds is 7. The summed E-state index contributed by atoms with van der Waals surface area (Å²) < 4.78 is 11.7. The number of anilines is 1. The minimum atomic E-state index is -1.46. The lowest BCUT2D eigenvalue weighted by Crippen LogP contribution is -2.51. The first-order valence-electron chi connectivity index (χ1n) is 14.3. The summed E-state index contributed by atoms with van der Waals surface area (Å²) in [6.07, 6.45) is -0.224. The molecule has 0 saturated heterocycles. The molecular formula is C33H33Cl2N3O6. The SMILES string of the molecule is Cc1c(C)c2c(c(C)c1O)CC[C@](C)(C(=O)NCCCC(=O)OC1N=C(c3ccccc3Cl)c3cc(Cl)ccc3NC1=O)O2. The fourth-order valence-corrected chi connectivity index (χ4v) is 5.82. The van der Waals surface area contributed by atoms with Gasteiger partial charge in [0.1, 0.15) is 11.5 Å². The molecule has 0 bridgehead atoms.